The lowest BCUT2D eigenvalue weighted by Crippen LogP contribution is -2.70. The van der Waals surface area contributed by atoms with Crippen LogP contribution >= 0.6 is 0 Å². The van der Waals surface area contributed by atoms with Gasteiger partial charge in [-0.3, -0.25) is 4.79 Å². The van der Waals surface area contributed by atoms with Crippen molar-refractivity contribution in [3.8, 4) is 0 Å². The molecule has 1 saturated heterocycles. The Kier molecular flexibility index (Phi) is 12.3. The smallest absolute Gasteiger partial charge is 0.310 e. The third-order valence-corrected chi connectivity index (χ3v) is 20.1. The lowest BCUT2D eigenvalue weighted by molar-refractivity contribution is -0.270. The summed E-state index contributed by atoms with van der Waals surface area (Å²) in [5.74, 6) is 1.06. The van der Waals surface area contributed by atoms with E-state index < -0.39 is 21.0 Å². The highest BCUT2D eigenvalue weighted by Gasteiger charge is 2.72. The second kappa shape index (κ2) is 16.2. The molecule has 1 unspecified atom stereocenters. The van der Waals surface area contributed by atoms with Crippen molar-refractivity contribution in [3.05, 3.63) is 77.4 Å². The number of methoxy groups -OCH3 is 1. The van der Waals surface area contributed by atoms with Gasteiger partial charge in [-0.25, -0.2) is 13.1 Å². The van der Waals surface area contributed by atoms with Crippen LogP contribution < -0.4 is 4.72 Å². The van der Waals surface area contributed by atoms with Crippen molar-refractivity contribution in [3.63, 3.8) is 0 Å². The quantitative estimate of drug-likeness (QED) is 0.168. The van der Waals surface area contributed by atoms with Gasteiger partial charge in [0.05, 0.1) is 48.4 Å². The molecule has 0 spiro atoms. The maximum absolute atomic E-state index is 14.9. The molecule has 1 N–H and O–H groups in total. The Morgan fingerprint density at radius 3 is 2.21 bits per heavy atom. The molecule has 5 aliphatic rings. The molecular formula is C52H77NO7S. The van der Waals surface area contributed by atoms with Crippen molar-refractivity contribution in [2.75, 3.05) is 26.9 Å². The highest BCUT2D eigenvalue weighted by atomic mass is 32.2. The van der Waals surface area contributed by atoms with Gasteiger partial charge in [0.2, 0.25) is 10.0 Å². The molecule has 8 nitrogen and oxygen atoms in total. The average molecular weight is 860 g/mol. The number of allylic oxidation sites excluding steroid dienone is 1. The van der Waals surface area contributed by atoms with E-state index in [0.29, 0.717) is 36.9 Å². The third-order valence-electron chi connectivity index (χ3n) is 18.5. The van der Waals surface area contributed by atoms with Crippen molar-refractivity contribution in [2.45, 2.75) is 151 Å². The Bertz CT molecular complexity index is 2060. The number of ether oxygens (including phenoxy) is 4. The van der Waals surface area contributed by atoms with Gasteiger partial charge in [-0.15, -0.1) is 0 Å². The summed E-state index contributed by atoms with van der Waals surface area (Å²) in [6, 6.07) is 17.1. The SMILES string of the molecule is CO[C@@H]1C[C@@]23COCC(C)([C@H]1OC[C@](C)(NS(=O)(=O)c1ccc(C)cc1)C(C)(C)C)[C@@H]2CC[C@H]1C3=CC[C@@]2(C)[C@H](C(=O)OCc3ccccc3)[C@@](C)([C@H](C)C(C)C)CC[C@]12C. The van der Waals surface area contributed by atoms with Crippen molar-refractivity contribution in [1.29, 1.82) is 0 Å². The second-order valence-corrected chi connectivity index (χ2v) is 24.5. The number of rotatable bonds is 12. The minimum Gasteiger partial charge on any atom is -0.461 e. The molecule has 2 aromatic rings. The number of hydrogen-bond acceptors (Lipinski definition) is 7. The van der Waals surface area contributed by atoms with Crippen LogP contribution in [0.4, 0.5) is 0 Å². The predicted molar refractivity (Wildman–Crippen MR) is 242 cm³/mol. The van der Waals surface area contributed by atoms with E-state index in [9.17, 15) is 13.2 Å². The number of esters is 1. The fraction of sp³-hybridized carbons (Fsp3) is 0.712. The summed E-state index contributed by atoms with van der Waals surface area (Å²) in [5, 5.41) is 0. The molecule has 2 bridgehead atoms. The maximum Gasteiger partial charge on any atom is 0.310 e. The monoisotopic (exact) mass is 860 g/mol. The zero-order chi connectivity index (χ0) is 44.6. The lowest BCUT2D eigenvalue weighted by atomic mass is 9.34. The van der Waals surface area contributed by atoms with Gasteiger partial charge in [0.15, 0.2) is 0 Å². The Labute approximate surface area is 368 Å². The Morgan fingerprint density at radius 1 is 0.918 bits per heavy atom. The topological polar surface area (TPSA) is 100 Å². The van der Waals surface area contributed by atoms with Gasteiger partial charge in [0.1, 0.15) is 6.61 Å². The maximum atomic E-state index is 14.9. The molecule has 0 amide bonds. The first-order valence-corrected chi connectivity index (χ1v) is 24.6. The van der Waals surface area contributed by atoms with Crippen molar-refractivity contribution < 1.29 is 32.2 Å². The van der Waals surface area contributed by atoms with E-state index in [2.05, 4.69) is 80.0 Å². The van der Waals surface area contributed by atoms with E-state index in [1.807, 2.05) is 56.3 Å². The van der Waals surface area contributed by atoms with Gasteiger partial charge >= 0.3 is 5.97 Å². The summed E-state index contributed by atoms with van der Waals surface area (Å²) >= 11 is 0. The fourth-order valence-corrected chi connectivity index (χ4v) is 15.2. The molecular weight excluding hydrogens is 783 g/mol. The second-order valence-electron chi connectivity index (χ2n) is 22.8. The van der Waals surface area contributed by atoms with E-state index >= 15 is 0 Å². The number of sulfonamides is 1. The highest BCUT2D eigenvalue weighted by molar-refractivity contribution is 7.89. The average Bonchev–Trinajstić information content (AvgIpc) is 3.19. The number of hydrogen-bond donors (Lipinski definition) is 1. The molecule has 2 aromatic carbocycles. The number of aryl methyl sites for hydroxylation is 1. The minimum atomic E-state index is -3.84. The van der Waals surface area contributed by atoms with Crippen LogP contribution in [0.15, 0.2) is 71.1 Å². The summed E-state index contributed by atoms with van der Waals surface area (Å²) in [6.45, 7) is 28.4. The van der Waals surface area contributed by atoms with Gasteiger partial charge < -0.3 is 18.9 Å². The largest absolute Gasteiger partial charge is 0.461 e. The van der Waals surface area contributed by atoms with Gasteiger partial charge in [-0.1, -0.05) is 129 Å². The van der Waals surface area contributed by atoms with Crippen molar-refractivity contribution >= 4 is 16.0 Å². The van der Waals surface area contributed by atoms with Crippen LogP contribution in [0.3, 0.4) is 0 Å². The molecule has 61 heavy (non-hydrogen) atoms. The standard InChI is InChI=1S/C52H77NO7S/c1-34(2)36(4)47(8)27-28-49(10)39-23-24-42-48(9)31-58-33-52(42,40(39)25-26-50(49,11)43(47)45(54)59-30-37-17-15-14-16-18-37)29-41(57-13)44(48)60-32-51(12,46(5,6)7)53-61(55,56)38-21-19-35(3)20-22-38/h14-22,25,34,36,39,41-44,53H,23-24,26-33H2,1-13H3/t36-,39+,41-,42+,43-,44+,47-,48?,49-,50+,51+,52+/m1/s1. The van der Waals surface area contributed by atoms with Crippen LogP contribution in [-0.2, 0) is 40.4 Å². The molecule has 338 valence electrons. The van der Waals surface area contributed by atoms with Crippen molar-refractivity contribution in [1.82, 2.24) is 4.72 Å². The molecule has 4 aliphatic carbocycles. The molecule has 7 rings (SSSR count). The van der Waals surface area contributed by atoms with Crippen molar-refractivity contribution in [2.24, 2.45) is 62.1 Å². The predicted octanol–water partition coefficient (Wildman–Crippen LogP) is 10.7. The third kappa shape index (κ3) is 7.50. The minimum absolute atomic E-state index is 0.0509. The molecule has 1 heterocycles. The van der Waals surface area contributed by atoms with Crippen LogP contribution in [0.1, 0.15) is 126 Å². The van der Waals surface area contributed by atoms with Crippen LogP contribution in [-0.4, -0.2) is 59.1 Å². The van der Waals surface area contributed by atoms with Crippen LogP contribution in [0.25, 0.3) is 0 Å². The number of carbonyl (C=O) groups is 1. The van der Waals surface area contributed by atoms with E-state index in [1.165, 1.54) is 5.57 Å². The zero-order valence-corrected chi connectivity index (χ0v) is 40.5. The number of nitrogens with one attached hydrogen (secondary N) is 1. The Balaban J connectivity index is 1.21. The highest BCUT2D eigenvalue weighted by Crippen LogP contribution is 2.75. The number of benzene rings is 2. The van der Waals surface area contributed by atoms with Crippen LogP contribution in [0.5, 0.6) is 0 Å². The van der Waals surface area contributed by atoms with Crippen LogP contribution in [0, 0.1) is 69.0 Å². The number of carbonyl (C=O) groups excluding carboxylic acids is 1. The summed E-state index contributed by atoms with van der Waals surface area (Å²) in [4.78, 5) is 15.1. The molecule has 0 radical (unpaired) electrons. The molecule has 4 fully saturated rings. The lowest BCUT2D eigenvalue weighted by Gasteiger charge is -2.71. The van der Waals surface area contributed by atoms with Gasteiger partial charge in [0, 0.05) is 17.9 Å². The number of fused-ring (bicyclic) bond motifs is 3. The van der Waals surface area contributed by atoms with E-state index in [4.69, 9.17) is 18.9 Å². The zero-order valence-electron chi connectivity index (χ0n) is 39.7. The summed E-state index contributed by atoms with van der Waals surface area (Å²) in [7, 11) is -2.04. The fourth-order valence-electron chi connectivity index (χ4n) is 13.6. The van der Waals surface area contributed by atoms with E-state index in [1.54, 1.807) is 19.2 Å². The normalized spacial score (nSPS) is 37.7. The molecule has 12 atom stereocenters. The molecule has 1 aliphatic heterocycles. The Hall–Kier alpha value is -2.56. The summed E-state index contributed by atoms with van der Waals surface area (Å²) < 4.78 is 57.6. The summed E-state index contributed by atoms with van der Waals surface area (Å²) in [5.41, 5.74) is 0.877. The molecule has 9 heteroatoms. The first-order chi connectivity index (χ1) is 28.4. The van der Waals surface area contributed by atoms with E-state index in [0.717, 1.165) is 49.7 Å². The van der Waals surface area contributed by atoms with Gasteiger partial charge in [-0.05, 0) is 115 Å². The van der Waals surface area contributed by atoms with Gasteiger partial charge in [-0.2, -0.15) is 0 Å². The first-order valence-electron chi connectivity index (χ1n) is 23.2. The summed E-state index contributed by atoms with van der Waals surface area (Å²) in [6.07, 6.45) is 7.74. The van der Waals surface area contributed by atoms with Gasteiger partial charge in [0.25, 0.3) is 0 Å². The molecule has 0 aromatic heterocycles. The first kappa shape index (κ1) is 46.4. The molecule has 3 saturated carbocycles. The van der Waals surface area contributed by atoms with E-state index in [-0.39, 0.29) is 69.3 Å². The Morgan fingerprint density at radius 2 is 1.59 bits per heavy atom. The van der Waals surface area contributed by atoms with Crippen LogP contribution in [0.2, 0.25) is 0 Å².